The largest absolute Gasteiger partial charge is 0.361 e. The van der Waals surface area contributed by atoms with Crippen LogP contribution in [0, 0.1) is 12.8 Å². The summed E-state index contributed by atoms with van der Waals surface area (Å²) in [4.78, 5) is 16.4. The number of amides is 1. The molecule has 34 heavy (non-hydrogen) atoms. The third-order valence-electron chi connectivity index (χ3n) is 6.87. The van der Waals surface area contributed by atoms with Crippen molar-refractivity contribution in [3.63, 3.8) is 0 Å². The van der Waals surface area contributed by atoms with E-state index in [0.29, 0.717) is 25.9 Å². The summed E-state index contributed by atoms with van der Waals surface area (Å²) in [6.45, 7) is 3.24. The van der Waals surface area contributed by atoms with Crippen LogP contribution in [-0.4, -0.2) is 47.8 Å². The van der Waals surface area contributed by atoms with Gasteiger partial charge in [-0.1, -0.05) is 11.6 Å². The molecule has 1 amide bonds. The summed E-state index contributed by atoms with van der Waals surface area (Å²) in [7, 11) is -1.72. The number of hydrogen-bond acceptors (Lipinski definition) is 3. The minimum Gasteiger partial charge on any atom is -0.361 e. The number of H-pyrrole nitrogens is 1. The number of aromatic nitrogens is 2. The first-order chi connectivity index (χ1) is 16.3. The molecule has 8 heteroatoms. The Labute approximate surface area is 199 Å². The molecule has 2 N–H and O–H groups in total. The Kier molecular flexibility index (Phi) is 5.95. The van der Waals surface area contributed by atoms with Crippen LogP contribution in [0.15, 0.2) is 59.8 Å². The maximum Gasteiger partial charge on any atom is 0.243 e. The molecule has 1 atom stereocenters. The van der Waals surface area contributed by atoms with Gasteiger partial charge in [-0.05, 0) is 68.1 Å². The van der Waals surface area contributed by atoms with Gasteiger partial charge in [-0.15, -0.1) is 0 Å². The fraction of sp³-hybridized carbons (Fsp3) is 0.346. The second-order valence-corrected chi connectivity index (χ2v) is 11.2. The number of sulfonamides is 1. The van der Waals surface area contributed by atoms with Crippen LogP contribution >= 0.6 is 0 Å². The van der Waals surface area contributed by atoms with E-state index in [1.807, 2.05) is 36.1 Å². The average molecular weight is 479 g/mol. The maximum atomic E-state index is 13.3. The van der Waals surface area contributed by atoms with Crippen LogP contribution in [-0.2, 0) is 28.3 Å². The third kappa shape index (κ3) is 4.23. The monoisotopic (exact) mass is 478 g/mol. The van der Waals surface area contributed by atoms with Crippen molar-refractivity contribution in [3.05, 3.63) is 66.0 Å². The van der Waals surface area contributed by atoms with Crippen molar-refractivity contribution in [1.82, 2.24) is 19.2 Å². The van der Waals surface area contributed by atoms with E-state index in [1.165, 1.54) is 20.8 Å². The number of carbonyl (C=O) groups is 1. The van der Waals surface area contributed by atoms with Crippen molar-refractivity contribution >= 4 is 37.7 Å². The van der Waals surface area contributed by atoms with Gasteiger partial charge in [0, 0.05) is 60.9 Å². The number of fused-ring (bicyclic) bond motifs is 2. The summed E-state index contributed by atoms with van der Waals surface area (Å²) >= 11 is 0. The zero-order valence-electron chi connectivity index (χ0n) is 19.5. The van der Waals surface area contributed by atoms with Gasteiger partial charge in [0.05, 0.1) is 10.8 Å². The molecular formula is C26H30N4O3S. The SMILES string of the molecule is Cc1ccc2[nH]cc(CCNC(=O)C3CCCN(S(=O)(=O)c4ccc5c(ccn5C)c4)C3)c2c1. The molecule has 1 aliphatic rings. The summed E-state index contributed by atoms with van der Waals surface area (Å²) in [5.74, 6) is -0.413. The van der Waals surface area contributed by atoms with Crippen LogP contribution in [0.3, 0.4) is 0 Å². The second-order valence-electron chi connectivity index (χ2n) is 9.25. The molecule has 0 bridgehead atoms. The molecule has 2 aromatic carbocycles. The van der Waals surface area contributed by atoms with Gasteiger partial charge in [-0.2, -0.15) is 4.31 Å². The first-order valence-corrected chi connectivity index (χ1v) is 13.2. The number of aryl methyl sites for hydroxylation is 2. The Hall–Kier alpha value is -3.10. The predicted octanol–water partition coefficient (Wildman–Crippen LogP) is 3.73. The summed E-state index contributed by atoms with van der Waals surface area (Å²) < 4.78 is 30.1. The predicted molar refractivity (Wildman–Crippen MR) is 134 cm³/mol. The zero-order chi connectivity index (χ0) is 23.9. The van der Waals surface area contributed by atoms with E-state index in [0.717, 1.165) is 22.8 Å². The number of piperidine rings is 1. The van der Waals surface area contributed by atoms with Crippen molar-refractivity contribution in [2.75, 3.05) is 19.6 Å². The highest BCUT2D eigenvalue weighted by molar-refractivity contribution is 7.89. The van der Waals surface area contributed by atoms with Crippen LogP contribution < -0.4 is 5.32 Å². The highest BCUT2D eigenvalue weighted by Gasteiger charge is 2.33. The topological polar surface area (TPSA) is 87.2 Å². The molecular weight excluding hydrogens is 448 g/mol. The molecule has 5 rings (SSSR count). The Morgan fingerprint density at radius 2 is 2.03 bits per heavy atom. The normalized spacial score (nSPS) is 17.4. The number of aromatic amines is 1. The highest BCUT2D eigenvalue weighted by Crippen LogP contribution is 2.27. The standard InChI is InChI=1S/C26H30N4O3S/c1-18-5-7-24-23(14-18)20(16-28-24)9-11-27-26(31)21-4-3-12-30(17-21)34(32,33)22-6-8-25-19(15-22)10-13-29(25)2/h5-8,10,13-16,21,28H,3-4,9,11-12,17H2,1-2H3,(H,27,31). The molecule has 4 aromatic rings. The van der Waals surface area contributed by atoms with Crippen LogP contribution in [0.5, 0.6) is 0 Å². The molecule has 0 saturated carbocycles. The number of rotatable bonds is 6. The lowest BCUT2D eigenvalue weighted by Crippen LogP contribution is -2.45. The molecule has 7 nitrogen and oxygen atoms in total. The summed E-state index contributed by atoms with van der Waals surface area (Å²) in [6.07, 6.45) is 6.00. The average Bonchev–Trinajstić information content (AvgIpc) is 3.41. The van der Waals surface area contributed by atoms with Crippen LogP contribution in [0.2, 0.25) is 0 Å². The zero-order valence-corrected chi connectivity index (χ0v) is 20.4. The van der Waals surface area contributed by atoms with E-state index in [-0.39, 0.29) is 23.3 Å². The quantitative estimate of drug-likeness (QED) is 0.443. The molecule has 1 fully saturated rings. The number of benzene rings is 2. The van der Waals surface area contributed by atoms with E-state index in [9.17, 15) is 13.2 Å². The van der Waals surface area contributed by atoms with Crippen molar-refractivity contribution in [2.24, 2.45) is 13.0 Å². The molecule has 178 valence electrons. The van der Waals surface area contributed by atoms with Gasteiger partial charge in [0.2, 0.25) is 15.9 Å². The van der Waals surface area contributed by atoms with Gasteiger partial charge < -0.3 is 14.9 Å². The Bertz CT molecular complexity index is 1470. The highest BCUT2D eigenvalue weighted by atomic mass is 32.2. The van der Waals surface area contributed by atoms with E-state index in [1.54, 1.807) is 12.1 Å². The van der Waals surface area contributed by atoms with Gasteiger partial charge in [0.25, 0.3) is 0 Å². The Morgan fingerprint density at radius 1 is 1.18 bits per heavy atom. The van der Waals surface area contributed by atoms with Crippen molar-refractivity contribution in [1.29, 1.82) is 0 Å². The van der Waals surface area contributed by atoms with Crippen molar-refractivity contribution in [2.45, 2.75) is 31.1 Å². The van der Waals surface area contributed by atoms with E-state index < -0.39 is 10.0 Å². The summed E-state index contributed by atoms with van der Waals surface area (Å²) in [5.41, 5.74) is 4.45. The number of nitrogens with one attached hydrogen (secondary N) is 2. The molecule has 2 aromatic heterocycles. The molecule has 0 radical (unpaired) electrons. The first-order valence-electron chi connectivity index (χ1n) is 11.7. The molecule has 0 spiro atoms. The molecule has 1 aliphatic heterocycles. The smallest absolute Gasteiger partial charge is 0.243 e. The number of hydrogen-bond donors (Lipinski definition) is 2. The maximum absolute atomic E-state index is 13.3. The van der Waals surface area contributed by atoms with Gasteiger partial charge in [0.1, 0.15) is 0 Å². The van der Waals surface area contributed by atoms with Crippen molar-refractivity contribution in [3.8, 4) is 0 Å². The Morgan fingerprint density at radius 3 is 2.88 bits per heavy atom. The molecule has 0 aliphatic carbocycles. The summed E-state index contributed by atoms with van der Waals surface area (Å²) in [5, 5.41) is 5.10. The fourth-order valence-electron chi connectivity index (χ4n) is 4.91. The van der Waals surface area contributed by atoms with E-state index in [2.05, 4.69) is 35.4 Å². The van der Waals surface area contributed by atoms with E-state index in [4.69, 9.17) is 0 Å². The minimum absolute atomic E-state index is 0.0746. The van der Waals surface area contributed by atoms with Crippen LogP contribution in [0.4, 0.5) is 0 Å². The summed E-state index contributed by atoms with van der Waals surface area (Å²) in [6, 6.07) is 13.4. The van der Waals surface area contributed by atoms with Gasteiger partial charge in [-0.3, -0.25) is 4.79 Å². The fourth-order valence-corrected chi connectivity index (χ4v) is 6.47. The van der Waals surface area contributed by atoms with Crippen LogP contribution in [0.1, 0.15) is 24.0 Å². The lowest BCUT2D eigenvalue weighted by atomic mass is 9.98. The minimum atomic E-state index is -3.66. The number of nitrogens with zero attached hydrogens (tertiary/aromatic N) is 2. The molecule has 1 unspecified atom stereocenters. The second kappa shape index (κ2) is 8.92. The lowest BCUT2D eigenvalue weighted by molar-refractivity contribution is -0.126. The Balaban J connectivity index is 1.23. The lowest BCUT2D eigenvalue weighted by Gasteiger charge is -2.31. The van der Waals surface area contributed by atoms with Gasteiger partial charge in [0.15, 0.2) is 0 Å². The van der Waals surface area contributed by atoms with Crippen molar-refractivity contribution < 1.29 is 13.2 Å². The first kappa shape index (κ1) is 22.7. The van der Waals surface area contributed by atoms with E-state index >= 15 is 0 Å². The molecule has 3 heterocycles. The van der Waals surface area contributed by atoms with Gasteiger partial charge >= 0.3 is 0 Å². The molecule has 1 saturated heterocycles. The van der Waals surface area contributed by atoms with Crippen LogP contribution in [0.25, 0.3) is 21.8 Å². The third-order valence-corrected chi connectivity index (χ3v) is 8.73. The number of carbonyl (C=O) groups excluding carboxylic acids is 1. The van der Waals surface area contributed by atoms with Gasteiger partial charge in [-0.25, -0.2) is 8.42 Å².